The zero-order valence-corrected chi connectivity index (χ0v) is 21.3. The van der Waals surface area contributed by atoms with E-state index in [2.05, 4.69) is 25.9 Å². The smallest absolute Gasteiger partial charge is 0.293 e. The first kappa shape index (κ1) is 26.2. The Morgan fingerprint density at radius 3 is 2.70 bits per heavy atom. The molecule has 1 saturated carbocycles. The van der Waals surface area contributed by atoms with Gasteiger partial charge in [-0.15, -0.1) is 0 Å². The highest BCUT2D eigenvalue weighted by atomic mass is 35.5. The lowest BCUT2D eigenvalue weighted by molar-refractivity contribution is -0.123. The fourth-order valence-corrected chi connectivity index (χ4v) is 3.82. The van der Waals surface area contributed by atoms with Gasteiger partial charge in [0, 0.05) is 54.0 Å². The lowest BCUT2D eigenvalue weighted by atomic mass is 10.2. The fourth-order valence-electron chi connectivity index (χ4n) is 3.62. The van der Waals surface area contributed by atoms with E-state index in [0.29, 0.717) is 35.0 Å². The number of ether oxygens (including phenoxy) is 1. The van der Waals surface area contributed by atoms with Gasteiger partial charge in [0.15, 0.2) is 12.4 Å². The molecule has 37 heavy (non-hydrogen) atoms. The Balaban J connectivity index is 1.34. The van der Waals surface area contributed by atoms with Crippen LogP contribution in [0.5, 0.6) is 5.75 Å². The molecule has 3 aromatic rings. The number of aromatic nitrogens is 3. The average Bonchev–Trinajstić information content (AvgIpc) is 3.70. The van der Waals surface area contributed by atoms with Crippen molar-refractivity contribution in [2.75, 3.05) is 18.5 Å². The van der Waals surface area contributed by atoms with E-state index in [1.165, 1.54) is 4.57 Å². The summed E-state index contributed by atoms with van der Waals surface area (Å²) < 4.78 is 7.03. The highest BCUT2D eigenvalue weighted by molar-refractivity contribution is 6.30. The number of carbonyl (C=O) groups excluding carboxylic acids is 2. The molecule has 10 nitrogen and oxygen atoms in total. The van der Waals surface area contributed by atoms with Gasteiger partial charge in [0.2, 0.25) is 5.91 Å². The highest BCUT2D eigenvalue weighted by Gasteiger charge is 2.23. The first-order valence-electron chi connectivity index (χ1n) is 12.1. The number of carbonyl (C=O) groups is 2. The molecule has 1 fully saturated rings. The third kappa shape index (κ3) is 7.78. The molecular formula is C26H29ClN6O4. The lowest BCUT2D eigenvalue weighted by Gasteiger charge is -2.14. The number of pyridine rings is 1. The molecule has 2 heterocycles. The van der Waals surface area contributed by atoms with Crippen LogP contribution in [0.25, 0.3) is 0 Å². The highest BCUT2D eigenvalue weighted by Crippen LogP contribution is 2.23. The molecule has 1 aliphatic carbocycles. The lowest BCUT2D eigenvalue weighted by Crippen LogP contribution is -2.35. The Morgan fingerprint density at radius 2 is 1.95 bits per heavy atom. The molecule has 0 bridgehead atoms. The number of benzene rings is 1. The Hall–Kier alpha value is -3.92. The Labute approximate surface area is 219 Å². The molecule has 3 N–H and O–H groups in total. The largest absolute Gasteiger partial charge is 0.483 e. The van der Waals surface area contributed by atoms with E-state index in [1.807, 2.05) is 12.1 Å². The van der Waals surface area contributed by atoms with Crippen LogP contribution < -0.4 is 26.2 Å². The van der Waals surface area contributed by atoms with Crippen LogP contribution in [0.2, 0.25) is 5.02 Å². The van der Waals surface area contributed by atoms with E-state index in [-0.39, 0.29) is 48.9 Å². The minimum absolute atomic E-state index is 0.120. The number of amides is 2. The number of rotatable bonds is 12. The number of anilines is 1. The van der Waals surface area contributed by atoms with Crippen LogP contribution in [0.1, 0.15) is 29.7 Å². The van der Waals surface area contributed by atoms with Crippen molar-refractivity contribution in [3.8, 4) is 5.75 Å². The molecule has 4 rings (SSSR count). The van der Waals surface area contributed by atoms with Crippen molar-refractivity contribution in [1.29, 1.82) is 0 Å². The number of nitrogens with zero attached hydrogens (tertiary/aromatic N) is 3. The Morgan fingerprint density at radius 1 is 1.16 bits per heavy atom. The Bertz CT molecular complexity index is 1310. The molecule has 0 spiro atoms. The van der Waals surface area contributed by atoms with E-state index < -0.39 is 0 Å². The van der Waals surface area contributed by atoms with Crippen molar-refractivity contribution >= 4 is 29.2 Å². The molecule has 0 saturated heterocycles. The van der Waals surface area contributed by atoms with Gasteiger partial charge in [0.05, 0.1) is 0 Å². The van der Waals surface area contributed by atoms with E-state index in [1.54, 1.807) is 43.7 Å². The van der Waals surface area contributed by atoms with Crippen molar-refractivity contribution in [2.45, 2.75) is 45.3 Å². The molecule has 0 aliphatic heterocycles. The first-order valence-corrected chi connectivity index (χ1v) is 12.4. The second-order valence-electron chi connectivity index (χ2n) is 8.83. The van der Waals surface area contributed by atoms with Gasteiger partial charge in [-0.05, 0) is 62.1 Å². The van der Waals surface area contributed by atoms with Gasteiger partial charge in [0.1, 0.15) is 12.3 Å². The van der Waals surface area contributed by atoms with Crippen LogP contribution in [-0.2, 0) is 29.1 Å². The number of nitrogens with one attached hydrogen (secondary N) is 3. The standard InChI is InChI=1S/C26H29ClN6O4/c1-17-13-31-25(29-11-8-18-6-9-28-10-7-18)26(36)33(17)15-23(34)30-14-19-12-20(27)2-5-22(19)37-16-24(35)32-21-3-4-21/h2,5-7,9-10,12-13,21H,3-4,8,11,14-16H2,1H3,(H,29,31)(H,30,34)(H,32,35). The van der Waals surface area contributed by atoms with Gasteiger partial charge in [-0.25, -0.2) is 4.98 Å². The maximum absolute atomic E-state index is 12.9. The molecule has 11 heteroatoms. The molecule has 1 aliphatic rings. The molecule has 0 unspecified atom stereocenters. The number of hydrogen-bond acceptors (Lipinski definition) is 7. The van der Waals surface area contributed by atoms with E-state index in [9.17, 15) is 14.4 Å². The van der Waals surface area contributed by atoms with E-state index in [4.69, 9.17) is 16.3 Å². The van der Waals surface area contributed by atoms with Gasteiger partial charge in [-0.1, -0.05) is 11.6 Å². The van der Waals surface area contributed by atoms with Crippen molar-refractivity contribution < 1.29 is 14.3 Å². The predicted molar refractivity (Wildman–Crippen MR) is 140 cm³/mol. The molecule has 0 atom stereocenters. The number of hydrogen-bond donors (Lipinski definition) is 3. The van der Waals surface area contributed by atoms with E-state index >= 15 is 0 Å². The first-order chi connectivity index (χ1) is 17.9. The van der Waals surface area contributed by atoms with Crippen LogP contribution in [-0.4, -0.2) is 45.5 Å². The minimum Gasteiger partial charge on any atom is -0.483 e. The van der Waals surface area contributed by atoms with Crippen LogP contribution in [0.4, 0.5) is 5.82 Å². The monoisotopic (exact) mass is 524 g/mol. The van der Waals surface area contributed by atoms with Crippen LogP contribution in [0.15, 0.2) is 53.7 Å². The zero-order valence-electron chi connectivity index (χ0n) is 20.5. The third-order valence-corrected chi connectivity index (χ3v) is 6.05. The SMILES string of the molecule is Cc1cnc(NCCc2ccncc2)c(=O)n1CC(=O)NCc1cc(Cl)ccc1OCC(=O)NC1CC1. The normalized spacial score (nSPS) is 12.6. The summed E-state index contributed by atoms with van der Waals surface area (Å²) in [6.07, 6.45) is 7.68. The average molecular weight is 525 g/mol. The quantitative estimate of drug-likeness (QED) is 0.331. The van der Waals surface area contributed by atoms with Gasteiger partial charge in [0.25, 0.3) is 11.5 Å². The second-order valence-corrected chi connectivity index (χ2v) is 9.27. The minimum atomic E-state index is -0.377. The van der Waals surface area contributed by atoms with Crippen molar-refractivity contribution in [3.05, 3.63) is 81.1 Å². The second kappa shape index (κ2) is 12.4. The van der Waals surface area contributed by atoms with Gasteiger partial charge in [-0.3, -0.25) is 23.9 Å². The molecule has 1 aromatic carbocycles. The van der Waals surface area contributed by atoms with Crippen molar-refractivity contribution in [2.24, 2.45) is 0 Å². The summed E-state index contributed by atoms with van der Waals surface area (Å²) in [6.45, 7) is 2.05. The van der Waals surface area contributed by atoms with Crippen LogP contribution in [0.3, 0.4) is 0 Å². The van der Waals surface area contributed by atoms with Crippen LogP contribution >= 0.6 is 11.6 Å². The zero-order chi connectivity index (χ0) is 26.2. The summed E-state index contributed by atoms with van der Waals surface area (Å²) in [6, 6.07) is 9.06. The van der Waals surface area contributed by atoms with Crippen molar-refractivity contribution in [3.63, 3.8) is 0 Å². The topological polar surface area (TPSA) is 127 Å². The fraction of sp³-hybridized carbons (Fsp3) is 0.346. The predicted octanol–water partition coefficient (Wildman–Crippen LogP) is 2.23. The summed E-state index contributed by atoms with van der Waals surface area (Å²) in [7, 11) is 0. The molecule has 0 radical (unpaired) electrons. The van der Waals surface area contributed by atoms with E-state index in [0.717, 1.165) is 18.4 Å². The Kier molecular flexibility index (Phi) is 8.73. The molecular weight excluding hydrogens is 496 g/mol. The summed E-state index contributed by atoms with van der Waals surface area (Å²) in [5, 5.41) is 9.19. The summed E-state index contributed by atoms with van der Waals surface area (Å²) >= 11 is 6.13. The van der Waals surface area contributed by atoms with Gasteiger partial charge >= 0.3 is 0 Å². The van der Waals surface area contributed by atoms with Gasteiger partial charge < -0.3 is 20.7 Å². The summed E-state index contributed by atoms with van der Waals surface area (Å²) in [4.78, 5) is 45.8. The number of halogens is 1. The molecule has 2 aromatic heterocycles. The summed E-state index contributed by atoms with van der Waals surface area (Å²) in [5.41, 5.74) is 1.89. The molecule has 194 valence electrons. The maximum atomic E-state index is 12.9. The number of aryl methyl sites for hydroxylation is 1. The van der Waals surface area contributed by atoms with Gasteiger partial charge in [-0.2, -0.15) is 0 Å². The third-order valence-electron chi connectivity index (χ3n) is 5.81. The molecule has 2 amide bonds. The van der Waals surface area contributed by atoms with Crippen LogP contribution in [0, 0.1) is 6.92 Å². The maximum Gasteiger partial charge on any atom is 0.293 e. The van der Waals surface area contributed by atoms with Crippen molar-refractivity contribution in [1.82, 2.24) is 25.2 Å². The summed E-state index contributed by atoms with van der Waals surface area (Å²) in [5.74, 6) is 0.0812.